The van der Waals surface area contributed by atoms with Gasteiger partial charge in [0.15, 0.2) is 0 Å². The van der Waals surface area contributed by atoms with Crippen molar-refractivity contribution in [2.24, 2.45) is 0 Å². The van der Waals surface area contributed by atoms with E-state index in [1.165, 1.54) is 12.1 Å². The molecule has 1 aromatic rings. The molecule has 1 N–H and O–H groups in total. The number of likely N-dealkylation sites (tertiary alicyclic amines) is 1. The van der Waals surface area contributed by atoms with Gasteiger partial charge in [-0.3, -0.25) is 4.90 Å². The molecule has 0 radical (unpaired) electrons. The van der Waals surface area contributed by atoms with Crippen LogP contribution in [0.1, 0.15) is 44.7 Å². The van der Waals surface area contributed by atoms with E-state index in [0.717, 1.165) is 17.0 Å². The van der Waals surface area contributed by atoms with Crippen molar-refractivity contribution >= 4 is 12.1 Å². The Hall–Kier alpha value is -2.25. The first-order valence-corrected chi connectivity index (χ1v) is 8.25. The molecule has 0 unspecified atom stereocenters. The Kier molecular flexibility index (Phi) is 5.26. The largest absolute Gasteiger partial charge is 0.479 e. The molecular formula is C18H22F3NO4. The molecule has 1 aliphatic rings. The Morgan fingerprint density at radius 2 is 1.92 bits per heavy atom. The smallest absolute Gasteiger partial charge is 0.416 e. The number of alkyl halides is 3. The molecule has 0 bridgehead atoms. The zero-order valence-corrected chi connectivity index (χ0v) is 14.9. The molecule has 1 amide bonds. The molecule has 26 heavy (non-hydrogen) atoms. The summed E-state index contributed by atoms with van der Waals surface area (Å²) >= 11 is 0. The second-order valence-corrected chi connectivity index (χ2v) is 7.45. The highest BCUT2D eigenvalue weighted by molar-refractivity contribution is 5.85. The van der Waals surface area contributed by atoms with Crippen LogP contribution in [-0.2, 0) is 22.1 Å². The van der Waals surface area contributed by atoms with Crippen molar-refractivity contribution in [1.82, 2.24) is 4.90 Å². The lowest BCUT2D eigenvalue weighted by molar-refractivity contribution is -0.149. The van der Waals surface area contributed by atoms with Gasteiger partial charge in [0.2, 0.25) is 0 Å². The molecule has 0 aliphatic carbocycles. The molecule has 0 saturated carbocycles. The third kappa shape index (κ3) is 4.28. The van der Waals surface area contributed by atoms with Gasteiger partial charge in [-0.15, -0.1) is 0 Å². The molecule has 1 fully saturated rings. The summed E-state index contributed by atoms with van der Waals surface area (Å²) in [6.07, 6.45) is -4.93. The van der Waals surface area contributed by atoms with Crippen molar-refractivity contribution in [2.75, 3.05) is 6.54 Å². The summed E-state index contributed by atoms with van der Waals surface area (Å²) in [4.78, 5) is 25.6. The second-order valence-electron chi connectivity index (χ2n) is 7.45. The third-order valence-corrected chi connectivity index (χ3v) is 4.25. The first-order chi connectivity index (χ1) is 11.8. The fraction of sp³-hybridized carbons (Fsp3) is 0.556. The summed E-state index contributed by atoms with van der Waals surface area (Å²) in [6.45, 7) is 5.17. The van der Waals surface area contributed by atoms with Crippen LogP contribution >= 0.6 is 0 Å². The van der Waals surface area contributed by atoms with E-state index in [1.807, 2.05) is 0 Å². The van der Waals surface area contributed by atoms with E-state index in [-0.39, 0.29) is 24.9 Å². The monoisotopic (exact) mass is 373 g/mol. The average molecular weight is 373 g/mol. The number of halogens is 3. The number of aliphatic carboxylic acids is 1. The first kappa shape index (κ1) is 20.1. The van der Waals surface area contributed by atoms with Crippen LogP contribution in [0, 0.1) is 0 Å². The van der Waals surface area contributed by atoms with Crippen LogP contribution in [-0.4, -0.2) is 39.8 Å². The highest BCUT2D eigenvalue weighted by Gasteiger charge is 2.51. The molecule has 2 rings (SSSR count). The van der Waals surface area contributed by atoms with Crippen molar-refractivity contribution in [3.63, 3.8) is 0 Å². The van der Waals surface area contributed by atoms with E-state index in [9.17, 15) is 27.9 Å². The SMILES string of the molecule is CC(C)(C)OC(=O)N1CCC[C@@]1(Cc1cccc(C(F)(F)F)c1)C(=O)O. The standard InChI is InChI=1S/C18H22F3NO4/c1-16(2,3)26-15(25)22-9-5-8-17(22,14(23)24)11-12-6-4-7-13(10-12)18(19,20)21/h4,6-7,10H,5,8-9,11H2,1-3H3,(H,23,24)/t17-/m1/s1. The molecule has 1 atom stereocenters. The second kappa shape index (κ2) is 6.81. The Bertz CT molecular complexity index is 696. The quantitative estimate of drug-likeness (QED) is 0.866. The molecule has 8 heteroatoms. The van der Waals surface area contributed by atoms with Crippen molar-refractivity contribution in [3.8, 4) is 0 Å². The zero-order valence-electron chi connectivity index (χ0n) is 14.9. The van der Waals surface area contributed by atoms with Gasteiger partial charge >= 0.3 is 18.2 Å². The number of carbonyl (C=O) groups excluding carboxylic acids is 1. The Labute approximate surface area is 149 Å². The van der Waals surface area contributed by atoms with Crippen molar-refractivity contribution in [1.29, 1.82) is 0 Å². The minimum absolute atomic E-state index is 0.151. The van der Waals surface area contributed by atoms with Gasteiger partial charge in [0.25, 0.3) is 0 Å². The van der Waals surface area contributed by atoms with Gasteiger partial charge in [0.05, 0.1) is 5.56 Å². The highest BCUT2D eigenvalue weighted by atomic mass is 19.4. The minimum Gasteiger partial charge on any atom is -0.479 e. The molecule has 1 heterocycles. The lowest BCUT2D eigenvalue weighted by Gasteiger charge is -2.36. The summed E-state index contributed by atoms with van der Waals surface area (Å²) in [5.74, 6) is -1.25. The minimum atomic E-state index is -4.52. The van der Waals surface area contributed by atoms with Crippen LogP contribution in [0.15, 0.2) is 24.3 Å². The maximum absolute atomic E-state index is 12.9. The first-order valence-electron chi connectivity index (χ1n) is 8.25. The van der Waals surface area contributed by atoms with Gasteiger partial charge in [0, 0.05) is 13.0 Å². The normalized spacial score (nSPS) is 20.9. The topological polar surface area (TPSA) is 66.8 Å². The average Bonchev–Trinajstić information content (AvgIpc) is 2.90. The van der Waals surface area contributed by atoms with Crippen LogP contribution in [0.3, 0.4) is 0 Å². The van der Waals surface area contributed by atoms with Crippen LogP contribution < -0.4 is 0 Å². The van der Waals surface area contributed by atoms with Crippen LogP contribution in [0.4, 0.5) is 18.0 Å². The van der Waals surface area contributed by atoms with Gasteiger partial charge in [-0.05, 0) is 45.2 Å². The predicted octanol–water partition coefficient (Wildman–Crippen LogP) is 4.10. The molecule has 144 valence electrons. The van der Waals surface area contributed by atoms with E-state index in [0.29, 0.717) is 6.42 Å². The van der Waals surface area contributed by atoms with Crippen molar-refractivity contribution in [3.05, 3.63) is 35.4 Å². The van der Waals surface area contributed by atoms with Gasteiger partial charge in [-0.2, -0.15) is 13.2 Å². The van der Waals surface area contributed by atoms with E-state index < -0.39 is 34.9 Å². The number of carboxylic acids is 1. The molecule has 1 aliphatic heterocycles. The summed E-state index contributed by atoms with van der Waals surface area (Å²) in [5.41, 5.74) is -3.07. The summed E-state index contributed by atoms with van der Waals surface area (Å²) < 4.78 is 44.1. The molecule has 1 saturated heterocycles. The van der Waals surface area contributed by atoms with E-state index in [1.54, 1.807) is 20.8 Å². The van der Waals surface area contributed by atoms with Gasteiger partial charge in [0.1, 0.15) is 11.1 Å². The lowest BCUT2D eigenvalue weighted by Crippen LogP contribution is -2.55. The van der Waals surface area contributed by atoms with Gasteiger partial charge in [-0.1, -0.05) is 18.2 Å². The maximum atomic E-state index is 12.9. The number of carboxylic acid groups (broad SMARTS) is 1. The number of hydrogen-bond donors (Lipinski definition) is 1. The molecule has 0 aromatic heterocycles. The van der Waals surface area contributed by atoms with Crippen molar-refractivity contribution < 1.29 is 32.6 Å². The number of nitrogens with zero attached hydrogens (tertiary/aromatic N) is 1. The number of rotatable bonds is 3. The Morgan fingerprint density at radius 3 is 2.46 bits per heavy atom. The molecule has 5 nitrogen and oxygen atoms in total. The third-order valence-electron chi connectivity index (χ3n) is 4.25. The van der Waals surface area contributed by atoms with E-state index in [2.05, 4.69) is 0 Å². The fourth-order valence-corrected chi connectivity index (χ4v) is 3.14. The zero-order chi connectivity index (χ0) is 19.8. The van der Waals surface area contributed by atoms with Crippen LogP contribution in [0.2, 0.25) is 0 Å². The Balaban J connectivity index is 2.35. The number of benzene rings is 1. The fourth-order valence-electron chi connectivity index (χ4n) is 3.14. The number of ether oxygens (including phenoxy) is 1. The Morgan fingerprint density at radius 1 is 1.27 bits per heavy atom. The number of hydrogen-bond acceptors (Lipinski definition) is 3. The van der Waals surface area contributed by atoms with E-state index in [4.69, 9.17) is 4.74 Å². The molecule has 1 aromatic carbocycles. The molecular weight excluding hydrogens is 351 g/mol. The highest BCUT2D eigenvalue weighted by Crippen LogP contribution is 2.36. The van der Waals surface area contributed by atoms with Crippen LogP contribution in [0.25, 0.3) is 0 Å². The number of carbonyl (C=O) groups is 2. The van der Waals surface area contributed by atoms with Gasteiger partial charge in [-0.25, -0.2) is 9.59 Å². The summed E-state index contributed by atoms with van der Waals surface area (Å²) in [7, 11) is 0. The lowest BCUT2D eigenvalue weighted by atomic mass is 9.87. The maximum Gasteiger partial charge on any atom is 0.416 e. The molecule has 0 spiro atoms. The van der Waals surface area contributed by atoms with Crippen LogP contribution in [0.5, 0.6) is 0 Å². The summed E-state index contributed by atoms with van der Waals surface area (Å²) in [6, 6.07) is 4.53. The van der Waals surface area contributed by atoms with E-state index >= 15 is 0 Å². The van der Waals surface area contributed by atoms with Crippen molar-refractivity contribution in [2.45, 2.75) is 57.3 Å². The number of amides is 1. The van der Waals surface area contributed by atoms with Gasteiger partial charge < -0.3 is 9.84 Å². The predicted molar refractivity (Wildman–Crippen MR) is 87.7 cm³/mol. The summed E-state index contributed by atoms with van der Waals surface area (Å²) in [5, 5.41) is 9.80.